The van der Waals surface area contributed by atoms with Gasteiger partial charge in [-0.3, -0.25) is 9.20 Å². The fraction of sp³-hybridized carbons (Fsp3) is 0.226. The van der Waals surface area contributed by atoms with Crippen LogP contribution in [-0.4, -0.2) is 37.6 Å². The minimum Gasteiger partial charge on any atom is -0.460 e. The third kappa shape index (κ3) is 5.18. The zero-order valence-corrected chi connectivity index (χ0v) is 26.7. The van der Waals surface area contributed by atoms with Crippen molar-refractivity contribution < 1.29 is 9.13 Å². The van der Waals surface area contributed by atoms with Gasteiger partial charge in [-0.1, -0.05) is 36.7 Å². The first kappa shape index (κ1) is 29.2. The van der Waals surface area contributed by atoms with Crippen LogP contribution in [0.4, 0.5) is 10.2 Å². The average Bonchev–Trinajstić information content (AvgIpc) is 3.55. The molecule has 43 heavy (non-hydrogen) atoms. The molecule has 0 saturated heterocycles. The third-order valence-electron chi connectivity index (χ3n) is 7.38. The molecule has 1 N–H and O–H groups in total. The molecular weight excluding hydrogens is 606 g/mol. The molecule has 4 aromatic heterocycles. The van der Waals surface area contributed by atoms with Gasteiger partial charge in [-0.15, -0.1) is 20.6 Å². The monoisotopic (exact) mass is 634 g/mol. The number of hydrogen-bond acceptors (Lipinski definition) is 7. The van der Waals surface area contributed by atoms with Gasteiger partial charge < -0.3 is 10.1 Å². The van der Waals surface area contributed by atoms with E-state index in [1.54, 1.807) is 22.9 Å². The van der Waals surface area contributed by atoms with Gasteiger partial charge in [-0.2, -0.15) is 5.10 Å². The summed E-state index contributed by atoms with van der Waals surface area (Å²) < 4.78 is 22.4. The highest BCUT2D eigenvalue weighted by atomic mass is 35.5. The van der Waals surface area contributed by atoms with Crippen molar-refractivity contribution in [3.63, 3.8) is 0 Å². The second kappa shape index (κ2) is 11.7. The van der Waals surface area contributed by atoms with Crippen molar-refractivity contribution in [1.29, 1.82) is 0 Å². The Hall–Kier alpha value is -3.85. The van der Waals surface area contributed by atoms with Crippen molar-refractivity contribution in [2.24, 2.45) is 0 Å². The number of aromatic nitrogens is 5. The molecule has 3 atom stereocenters. The van der Waals surface area contributed by atoms with E-state index in [0.717, 1.165) is 37.8 Å². The molecule has 0 radical (unpaired) electrons. The fourth-order valence-electron chi connectivity index (χ4n) is 5.51. The van der Waals surface area contributed by atoms with E-state index in [9.17, 15) is 9.18 Å². The maximum Gasteiger partial charge on any atom is 0.265 e. The summed E-state index contributed by atoms with van der Waals surface area (Å²) in [6.45, 7) is 5.28. The van der Waals surface area contributed by atoms with Gasteiger partial charge in [-0.05, 0) is 65.7 Å². The smallest absolute Gasteiger partial charge is 0.265 e. The molecule has 0 aliphatic carbocycles. The number of thiazole rings is 1. The van der Waals surface area contributed by atoms with Crippen LogP contribution in [0.25, 0.3) is 38.2 Å². The molecule has 0 bridgehead atoms. The molecule has 2 aromatic carbocycles. The molecule has 0 fully saturated rings. The van der Waals surface area contributed by atoms with E-state index in [0.29, 0.717) is 40.0 Å². The fourth-order valence-corrected chi connectivity index (χ4v) is 6.96. The Balaban J connectivity index is 1.63. The molecule has 0 aliphatic heterocycles. The first-order chi connectivity index (χ1) is 20.7. The lowest BCUT2D eigenvalue weighted by Crippen LogP contribution is -2.22. The summed E-state index contributed by atoms with van der Waals surface area (Å²) in [6, 6.07) is 15.0. The highest BCUT2D eigenvalue weighted by Crippen LogP contribution is 2.39. The largest absolute Gasteiger partial charge is 0.460 e. The van der Waals surface area contributed by atoms with Crippen LogP contribution in [0.1, 0.15) is 37.4 Å². The quantitative estimate of drug-likeness (QED) is 0.181. The molecule has 12 heteroatoms. The Labute approximate surface area is 258 Å². The van der Waals surface area contributed by atoms with E-state index in [-0.39, 0.29) is 11.6 Å². The van der Waals surface area contributed by atoms with Gasteiger partial charge in [0.1, 0.15) is 33.6 Å². The van der Waals surface area contributed by atoms with E-state index in [1.807, 2.05) is 54.1 Å². The van der Waals surface area contributed by atoms with Gasteiger partial charge in [0.15, 0.2) is 5.65 Å². The summed E-state index contributed by atoms with van der Waals surface area (Å²) in [7, 11) is 4.50. The summed E-state index contributed by atoms with van der Waals surface area (Å²) in [5.74, 6) is 1.08. The Morgan fingerprint density at radius 1 is 1.16 bits per heavy atom. The molecule has 6 aromatic rings. The topological polar surface area (TPSA) is 86.3 Å². The predicted molar refractivity (Wildman–Crippen MR) is 176 cm³/mol. The number of nitrogens with zero attached hydrogens (tertiary/aromatic N) is 5. The first-order valence-electron chi connectivity index (χ1n) is 13.7. The number of benzene rings is 2. The minimum atomic E-state index is -1.43. The van der Waals surface area contributed by atoms with Crippen LogP contribution in [0.5, 0.6) is 5.75 Å². The molecule has 0 amide bonds. The van der Waals surface area contributed by atoms with E-state index in [4.69, 9.17) is 21.4 Å². The van der Waals surface area contributed by atoms with Crippen LogP contribution in [0.15, 0.2) is 65.0 Å². The molecule has 8 nitrogen and oxygen atoms in total. The van der Waals surface area contributed by atoms with Gasteiger partial charge in [0, 0.05) is 24.9 Å². The normalized spacial score (nSPS) is 13.0. The van der Waals surface area contributed by atoms with Gasteiger partial charge in [0.2, 0.25) is 6.36 Å². The van der Waals surface area contributed by atoms with Crippen molar-refractivity contribution in [2.45, 2.75) is 39.6 Å². The first-order valence-corrected chi connectivity index (χ1v) is 15.6. The summed E-state index contributed by atoms with van der Waals surface area (Å²) in [5, 5.41) is 12.1. The molecule has 2 unspecified atom stereocenters. The van der Waals surface area contributed by atoms with Gasteiger partial charge in [0.25, 0.3) is 5.56 Å². The number of fused-ring (bicyclic) bond motifs is 2. The molecule has 0 saturated carbocycles. The maximum absolute atomic E-state index is 14.1. The van der Waals surface area contributed by atoms with E-state index in [1.165, 1.54) is 24.6 Å². The van der Waals surface area contributed by atoms with E-state index >= 15 is 0 Å². The summed E-state index contributed by atoms with van der Waals surface area (Å²) in [6.07, 6.45) is 0.696. The van der Waals surface area contributed by atoms with Gasteiger partial charge in [0.05, 0.1) is 17.0 Å². The van der Waals surface area contributed by atoms with Crippen LogP contribution in [0.2, 0.25) is 5.15 Å². The number of alkyl halides is 1. The number of ether oxygens (including phenoxy) is 1. The van der Waals surface area contributed by atoms with E-state index < -0.39 is 6.36 Å². The zero-order chi connectivity index (χ0) is 30.4. The van der Waals surface area contributed by atoms with Gasteiger partial charge in [-0.25, -0.2) is 19.0 Å². The second-order valence-corrected chi connectivity index (χ2v) is 12.1. The Bertz CT molecular complexity index is 2060. The lowest BCUT2D eigenvalue weighted by Gasteiger charge is -2.21. The van der Waals surface area contributed by atoms with Crippen molar-refractivity contribution in [1.82, 2.24) is 24.1 Å². The molecule has 0 aliphatic rings. The molecule has 0 spiro atoms. The SMILES string of the molecule is CC[C@@H](c1cc2scc(Cl)n2c(=O)c1-c1cccc(P)c1)n1nc(-c2ccc(OC(C)F)c(C)c2)c2c(NC)ncnc21. The Kier molecular flexibility index (Phi) is 7.94. The van der Waals surface area contributed by atoms with Crippen molar-refractivity contribution in [3.05, 3.63) is 86.9 Å². The Morgan fingerprint density at radius 2 is 1.98 bits per heavy atom. The molecule has 6 rings (SSSR count). The lowest BCUT2D eigenvalue weighted by atomic mass is 9.95. The highest BCUT2D eigenvalue weighted by molar-refractivity contribution is 7.27. The zero-order valence-electron chi connectivity index (χ0n) is 23.9. The number of pyridine rings is 1. The van der Waals surface area contributed by atoms with Crippen LogP contribution < -0.4 is 20.9 Å². The Morgan fingerprint density at radius 3 is 2.67 bits per heavy atom. The summed E-state index contributed by atoms with van der Waals surface area (Å²) in [5.41, 5.74) is 4.82. The molecule has 220 valence electrons. The molecular formula is C31H29ClFN6O2PS. The van der Waals surface area contributed by atoms with Crippen molar-refractivity contribution in [3.8, 4) is 28.1 Å². The van der Waals surface area contributed by atoms with Crippen molar-refractivity contribution >= 4 is 59.2 Å². The number of hydrogen-bond donors (Lipinski definition) is 1. The van der Waals surface area contributed by atoms with Crippen LogP contribution >= 0.6 is 32.2 Å². The highest BCUT2D eigenvalue weighted by Gasteiger charge is 2.28. The standard InChI is InChI=1S/C31H29ClFN6O2PS/c1-5-22(21-13-25-38(24(32)14-43-25)31(40)26(21)18-7-6-8-20(42)12-18)39-30-27(29(34-4)35-15-36-30)28(37-39)19-9-10-23(16(2)11-19)41-17(3)33/h6-15,17,22H,5,42H2,1-4H3,(H,34,35,36)/t17?,22-/m0/s1. The predicted octanol–water partition coefficient (Wildman–Crippen LogP) is 7.03. The van der Waals surface area contributed by atoms with E-state index in [2.05, 4.69) is 31.4 Å². The molecule has 4 heterocycles. The maximum atomic E-state index is 14.1. The average molecular weight is 635 g/mol. The van der Waals surface area contributed by atoms with Crippen LogP contribution in [0, 0.1) is 6.92 Å². The number of rotatable bonds is 8. The number of halogens is 2. The van der Waals surface area contributed by atoms with Gasteiger partial charge >= 0.3 is 0 Å². The second-order valence-electron chi connectivity index (χ2n) is 10.2. The number of anilines is 1. The van der Waals surface area contributed by atoms with Crippen LogP contribution in [0.3, 0.4) is 0 Å². The minimum absolute atomic E-state index is 0.191. The number of nitrogens with one attached hydrogen (secondary N) is 1. The third-order valence-corrected chi connectivity index (χ3v) is 9.02. The number of aryl methyl sites for hydroxylation is 1. The summed E-state index contributed by atoms with van der Waals surface area (Å²) in [4.78, 5) is 24.0. The lowest BCUT2D eigenvalue weighted by molar-refractivity contribution is 0.0853. The van der Waals surface area contributed by atoms with Crippen molar-refractivity contribution in [2.75, 3.05) is 12.4 Å². The van der Waals surface area contributed by atoms with Crippen LogP contribution in [-0.2, 0) is 0 Å². The summed E-state index contributed by atoms with van der Waals surface area (Å²) >= 11 is 7.90.